The van der Waals surface area contributed by atoms with Crippen LogP contribution in [0.2, 0.25) is 5.02 Å². The van der Waals surface area contributed by atoms with Crippen LogP contribution in [0.25, 0.3) is 0 Å². The number of primary amides is 1. The van der Waals surface area contributed by atoms with E-state index >= 15 is 0 Å². The zero-order chi connectivity index (χ0) is 12.3. The summed E-state index contributed by atoms with van der Waals surface area (Å²) in [5, 5.41) is 2.40. The SMILES string of the molecule is NC(=O)CNc1ccc(C(F)(F)F)cc1Cl. The Morgan fingerprint density at radius 3 is 2.50 bits per heavy atom. The van der Waals surface area contributed by atoms with Crippen molar-refractivity contribution in [2.45, 2.75) is 6.18 Å². The molecule has 3 nitrogen and oxygen atoms in total. The monoisotopic (exact) mass is 252 g/mol. The smallest absolute Gasteiger partial charge is 0.375 e. The van der Waals surface area contributed by atoms with Gasteiger partial charge in [-0.1, -0.05) is 11.6 Å². The highest BCUT2D eigenvalue weighted by molar-refractivity contribution is 6.33. The summed E-state index contributed by atoms with van der Waals surface area (Å²) in [4.78, 5) is 10.4. The van der Waals surface area contributed by atoms with E-state index in [4.69, 9.17) is 17.3 Å². The van der Waals surface area contributed by atoms with Crippen LogP contribution in [0.4, 0.5) is 18.9 Å². The standard InChI is InChI=1S/C9H8ClF3N2O/c10-6-3-5(9(11,12)13)1-2-7(6)15-4-8(14)16/h1-3,15H,4H2,(H2,14,16). The van der Waals surface area contributed by atoms with Gasteiger partial charge in [0, 0.05) is 0 Å². The second kappa shape index (κ2) is 4.61. The lowest BCUT2D eigenvalue weighted by Gasteiger charge is -2.10. The minimum atomic E-state index is -4.44. The number of benzene rings is 1. The second-order valence-electron chi connectivity index (χ2n) is 3.01. The molecule has 16 heavy (non-hydrogen) atoms. The maximum Gasteiger partial charge on any atom is 0.416 e. The summed E-state index contributed by atoms with van der Waals surface area (Å²) in [6, 6.07) is 2.80. The molecule has 0 aliphatic heterocycles. The number of halogens is 4. The van der Waals surface area contributed by atoms with Crippen molar-refractivity contribution in [3.05, 3.63) is 28.8 Å². The molecular weight excluding hydrogens is 245 g/mol. The van der Waals surface area contributed by atoms with E-state index in [1.807, 2.05) is 0 Å². The number of amides is 1. The van der Waals surface area contributed by atoms with Crippen LogP contribution in [0, 0.1) is 0 Å². The van der Waals surface area contributed by atoms with Crippen molar-refractivity contribution in [3.8, 4) is 0 Å². The Morgan fingerprint density at radius 2 is 2.06 bits per heavy atom. The van der Waals surface area contributed by atoms with Crippen molar-refractivity contribution in [1.82, 2.24) is 0 Å². The van der Waals surface area contributed by atoms with Gasteiger partial charge in [-0.25, -0.2) is 0 Å². The van der Waals surface area contributed by atoms with Gasteiger partial charge in [0.05, 0.1) is 22.8 Å². The molecule has 0 saturated heterocycles. The summed E-state index contributed by atoms with van der Waals surface area (Å²) in [5.74, 6) is -0.629. The van der Waals surface area contributed by atoms with Gasteiger partial charge in [0.1, 0.15) is 0 Å². The van der Waals surface area contributed by atoms with Crippen molar-refractivity contribution in [1.29, 1.82) is 0 Å². The number of nitrogens with two attached hydrogens (primary N) is 1. The molecule has 0 aliphatic carbocycles. The molecule has 7 heteroatoms. The lowest BCUT2D eigenvalue weighted by atomic mass is 10.2. The van der Waals surface area contributed by atoms with E-state index in [1.54, 1.807) is 0 Å². The molecule has 1 aromatic carbocycles. The number of hydrogen-bond acceptors (Lipinski definition) is 2. The largest absolute Gasteiger partial charge is 0.416 e. The molecule has 1 amide bonds. The Labute approximate surface area is 94.4 Å². The lowest BCUT2D eigenvalue weighted by Crippen LogP contribution is -2.22. The summed E-state index contributed by atoms with van der Waals surface area (Å²) < 4.78 is 36.8. The predicted molar refractivity (Wildman–Crippen MR) is 54.1 cm³/mol. The van der Waals surface area contributed by atoms with Gasteiger partial charge < -0.3 is 11.1 Å². The molecular formula is C9H8ClF3N2O. The zero-order valence-corrected chi connectivity index (χ0v) is 8.69. The van der Waals surface area contributed by atoms with E-state index in [-0.39, 0.29) is 17.3 Å². The van der Waals surface area contributed by atoms with Crippen molar-refractivity contribution >= 4 is 23.2 Å². The van der Waals surface area contributed by atoms with Gasteiger partial charge in [0.15, 0.2) is 0 Å². The maximum absolute atomic E-state index is 12.3. The number of carbonyl (C=O) groups is 1. The molecule has 0 bridgehead atoms. The van der Waals surface area contributed by atoms with Crippen molar-refractivity contribution in [3.63, 3.8) is 0 Å². The maximum atomic E-state index is 12.3. The highest BCUT2D eigenvalue weighted by Gasteiger charge is 2.30. The first-order valence-corrected chi connectivity index (χ1v) is 4.57. The third-order valence-corrected chi connectivity index (χ3v) is 2.06. The molecule has 0 unspecified atom stereocenters. The van der Waals surface area contributed by atoms with Crippen LogP contribution < -0.4 is 11.1 Å². The summed E-state index contributed by atoms with van der Waals surface area (Å²) in [7, 11) is 0. The van der Waals surface area contributed by atoms with Gasteiger partial charge in [0.25, 0.3) is 0 Å². The van der Waals surface area contributed by atoms with E-state index < -0.39 is 17.6 Å². The van der Waals surface area contributed by atoms with Gasteiger partial charge in [0.2, 0.25) is 5.91 Å². The fraction of sp³-hybridized carbons (Fsp3) is 0.222. The van der Waals surface area contributed by atoms with Gasteiger partial charge >= 0.3 is 6.18 Å². The Morgan fingerprint density at radius 1 is 1.44 bits per heavy atom. The molecule has 0 radical (unpaired) electrons. The van der Waals surface area contributed by atoms with Crippen molar-refractivity contribution < 1.29 is 18.0 Å². The summed E-state index contributed by atoms with van der Waals surface area (Å²) in [6.07, 6.45) is -4.44. The topological polar surface area (TPSA) is 55.1 Å². The van der Waals surface area contributed by atoms with Gasteiger partial charge in [-0.2, -0.15) is 13.2 Å². The first-order valence-electron chi connectivity index (χ1n) is 4.19. The van der Waals surface area contributed by atoms with Gasteiger partial charge in [-0.05, 0) is 18.2 Å². The van der Waals surface area contributed by atoms with Crippen molar-refractivity contribution in [2.75, 3.05) is 11.9 Å². The molecule has 0 aromatic heterocycles. The molecule has 0 spiro atoms. The highest BCUT2D eigenvalue weighted by atomic mass is 35.5. The number of hydrogen-bond donors (Lipinski definition) is 2. The van der Waals surface area contributed by atoms with Gasteiger partial charge in [-0.3, -0.25) is 4.79 Å². The Bertz CT molecular complexity index is 406. The molecule has 0 saturated carbocycles. The fourth-order valence-corrected chi connectivity index (χ4v) is 1.26. The third kappa shape index (κ3) is 3.30. The van der Waals surface area contributed by atoms with Crippen LogP contribution in [0.1, 0.15) is 5.56 Å². The van der Waals surface area contributed by atoms with Crippen LogP contribution in [0.3, 0.4) is 0 Å². The lowest BCUT2D eigenvalue weighted by molar-refractivity contribution is -0.137. The molecule has 0 atom stereocenters. The number of alkyl halides is 3. The van der Waals surface area contributed by atoms with E-state index in [1.165, 1.54) is 0 Å². The molecule has 0 fully saturated rings. The molecule has 1 rings (SSSR count). The molecule has 0 aliphatic rings. The number of carbonyl (C=O) groups excluding carboxylic acids is 1. The number of rotatable bonds is 3. The zero-order valence-electron chi connectivity index (χ0n) is 7.94. The van der Waals surface area contributed by atoms with E-state index in [9.17, 15) is 18.0 Å². The summed E-state index contributed by atoms with van der Waals surface area (Å²) in [6.45, 7) is -0.189. The number of anilines is 1. The first-order chi connectivity index (χ1) is 7.30. The molecule has 0 heterocycles. The Balaban J connectivity index is 2.88. The van der Waals surface area contributed by atoms with Crippen LogP contribution >= 0.6 is 11.6 Å². The molecule has 1 aromatic rings. The highest BCUT2D eigenvalue weighted by Crippen LogP contribution is 2.33. The van der Waals surface area contributed by atoms with Crippen LogP contribution in [-0.4, -0.2) is 12.5 Å². The second-order valence-corrected chi connectivity index (χ2v) is 3.42. The normalized spacial score (nSPS) is 11.2. The first kappa shape index (κ1) is 12.6. The van der Waals surface area contributed by atoms with E-state index in [2.05, 4.69) is 5.32 Å². The van der Waals surface area contributed by atoms with Crippen LogP contribution in [0.5, 0.6) is 0 Å². The summed E-state index contributed by atoms with van der Waals surface area (Å²) in [5.41, 5.74) is 4.25. The number of nitrogens with one attached hydrogen (secondary N) is 1. The fourth-order valence-electron chi connectivity index (χ4n) is 1.02. The average Bonchev–Trinajstić information content (AvgIpc) is 2.14. The Kier molecular flexibility index (Phi) is 3.64. The van der Waals surface area contributed by atoms with E-state index in [0.29, 0.717) is 0 Å². The van der Waals surface area contributed by atoms with Crippen molar-refractivity contribution in [2.24, 2.45) is 5.73 Å². The average molecular weight is 253 g/mol. The van der Waals surface area contributed by atoms with Crippen LogP contribution in [0.15, 0.2) is 18.2 Å². The third-order valence-electron chi connectivity index (χ3n) is 1.75. The predicted octanol–water partition coefficient (Wildman–Crippen LogP) is 2.26. The summed E-state index contributed by atoms with van der Waals surface area (Å²) >= 11 is 5.60. The Hall–Kier alpha value is -1.43. The quantitative estimate of drug-likeness (QED) is 0.867. The van der Waals surface area contributed by atoms with Gasteiger partial charge in [-0.15, -0.1) is 0 Å². The minimum absolute atomic E-state index is 0.115. The van der Waals surface area contributed by atoms with Crippen LogP contribution in [-0.2, 0) is 11.0 Å². The molecule has 3 N–H and O–H groups in total. The van der Waals surface area contributed by atoms with E-state index in [0.717, 1.165) is 18.2 Å². The molecule has 88 valence electrons. The minimum Gasteiger partial charge on any atom is -0.375 e.